The standard InChI is InChI=1S/C21H15N3O6/c1-29-17-8-3-5-12(19(17)30-2)11-22-23-20(25)14-7-4-6-13-16(24(27)28)10-9-15(18(13)14)21(23)26/h3-11H,1-2H3. The van der Waals surface area contributed by atoms with E-state index in [9.17, 15) is 19.7 Å². The van der Waals surface area contributed by atoms with Gasteiger partial charge in [0.1, 0.15) is 0 Å². The molecule has 0 saturated heterocycles. The number of nitro benzene ring substituents is 1. The maximum atomic E-state index is 13.0. The van der Waals surface area contributed by atoms with Crippen molar-refractivity contribution in [1.82, 2.24) is 5.01 Å². The zero-order valence-electron chi connectivity index (χ0n) is 16.0. The third kappa shape index (κ3) is 2.84. The summed E-state index contributed by atoms with van der Waals surface area (Å²) in [5.41, 5.74) is 0.667. The van der Waals surface area contributed by atoms with Crippen LogP contribution in [0.5, 0.6) is 11.5 Å². The number of amides is 2. The summed E-state index contributed by atoms with van der Waals surface area (Å²) in [6, 6.07) is 12.3. The Kier molecular flexibility index (Phi) is 4.63. The second kappa shape index (κ2) is 7.28. The molecule has 0 spiro atoms. The minimum absolute atomic E-state index is 0.167. The number of para-hydroxylation sites is 1. The monoisotopic (exact) mass is 405 g/mol. The van der Waals surface area contributed by atoms with Crippen LogP contribution in [-0.4, -0.2) is 42.2 Å². The van der Waals surface area contributed by atoms with E-state index in [1.807, 2.05) is 0 Å². The number of imide groups is 1. The number of methoxy groups -OCH3 is 2. The summed E-state index contributed by atoms with van der Waals surface area (Å²) in [5.74, 6) is -0.465. The molecule has 0 radical (unpaired) electrons. The summed E-state index contributed by atoms with van der Waals surface area (Å²) in [6.07, 6.45) is 1.33. The number of hydrogen-bond acceptors (Lipinski definition) is 7. The third-order valence-electron chi connectivity index (χ3n) is 4.81. The minimum Gasteiger partial charge on any atom is -0.493 e. The van der Waals surface area contributed by atoms with Gasteiger partial charge in [0.15, 0.2) is 11.5 Å². The quantitative estimate of drug-likeness (QED) is 0.278. The van der Waals surface area contributed by atoms with E-state index in [0.29, 0.717) is 17.1 Å². The van der Waals surface area contributed by atoms with E-state index in [-0.39, 0.29) is 27.6 Å². The molecular formula is C21H15N3O6. The highest BCUT2D eigenvalue weighted by atomic mass is 16.6. The Balaban J connectivity index is 1.81. The van der Waals surface area contributed by atoms with Crippen LogP contribution >= 0.6 is 0 Å². The number of rotatable bonds is 5. The van der Waals surface area contributed by atoms with Gasteiger partial charge in [-0.2, -0.15) is 10.1 Å². The van der Waals surface area contributed by atoms with Gasteiger partial charge in [0.25, 0.3) is 17.5 Å². The summed E-state index contributed by atoms with van der Waals surface area (Å²) >= 11 is 0. The molecule has 0 aliphatic carbocycles. The molecule has 2 amide bonds. The van der Waals surface area contributed by atoms with Crippen molar-refractivity contribution in [1.29, 1.82) is 0 Å². The number of carbonyl (C=O) groups is 2. The SMILES string of the molecule is COc1cccc(C=NN2C(=O)c3cccc4c([N+](=O)[O-])ccc(c34)C2=O)c1OC. The highest BCUT2D eigenvalue weighted by Crippen LogP contribution is 2.35. The summed E-state index contributed by atoms with van der Waals surface area (Å²) in [4.78, 5) is 36.7. The fraction of sp³-hybridized carbons (Fsp3) is 0.0952. The van der Waals surface area contributed by atoms with Gasteiger partial charge in [-0.1, -0.05) is 12.1 Å². The first-order valence-corrected chi connectivity index (χ1v) is 8.81. The maximum Gasteiger partial charge on any atom is 0.282 e. The number of ether oxygens (including phenoxy) is 2. The van der Waals surface area contributed by atoms with Crippen molar-refractivity contribution in [2.75, 3.05) is 14.2 Å². The molecule has 0 aromatic heterocycles. The van der Waals surface area contributed by atoms with Crippen molar-refractivity contribution < 1.29 is 24.0 Å². The molecule has 0 unspecified atom stereocenters. The van der Waals surface area contributed by atoms with Gasteiger partial charge in [0, 0.05) is 17.0 Å². The summed E-state index contributed by atoms with van der Waals surface area (Å²) in [5, 5.41) is 16.6. The number of carbonyl (C=O) groups excluding carboxylic acids is 2. The summed E-state index contributed by atoms with van der Waals surface area (Å²) < 4.78 is 10.6. The number of nitro groups is 1. The van der Waals surface area contributed by atoms with E-state index in [1.165, 1.54) is 50.8 Å². The number of hydrogen-bond donors (Lipinski definition) is 0. The normalized spacial score (nSPS) is 13.2. The van der Waals surface area contributed by atoms with E-state index in [0.717, 1.165) is 5.01 Å². The van der Waals surface area contributed by atoms with Gasteiger partial charge in [-0.05, 0) is 30.3 Å². The van der Waals surface area contributed by atoms with E-state index in [4.69, 9.17) is 9.47 Å². The van der Waals surface area contributed by atoms with E-state index in [2.05, 4.69) is 5.10 Å². The molecule has 9 nitrogen and oxygen atoms in total. The molecule has 0 bridgehead atoms. The zero-order valence-corrected chi connectivity index (χ0v) is 16.0. The first-order valence-electron chi connectivity index (χ1n) is 8.81. The fourth-order valence-electron chi connectivity index (χ4n) is 3.47. The Morgan fingerprint density at radius 3 is 2.33 bits per heavy atom. The van der Waals surface area contributed by atoms with Crippen LogP contribution in [0, 0.1) is 10.1 Å². The van der Waals surface area contributed by atoms with Gasteiger partial charge in [-0.3, -0.25) is 19.7 Å². The van der Waals surface area contributed by atoms with Crippen LogP contribution in [0.1, 0.15) is 26.3 Å². The molecule has 0 atom stereocenters. The Morgan fingerprint density at radius 2 is 1.67 bits per heavy atom. The molecule has 1 aliphatic rings. The Labute approximate surface area is 170 Å². The summed E-state index contributed by atoms with van der Waals surface area (Å²) in [6.45, 7) is 0. The van der Waals surface area contributed by atoms with Crippen LogP contribution in [0.15, 0.2) is 53.6 Å². The lowest BCUT2D eigenvalue weighted by atomic mass is 9.94. The van der Waals surface area contributed by atoms with Crippen molar-refractivity contribution in [2.24, 2.45) is 5.10 Å². The molecule has 3 aromatic rings. The lowest BCUT2D eigenvalue weighted by Gasteiger charge is -2.23. The van der Waals surface area contributed by atoms with Gasteiger partial charge in [-0.25, -0.2) is 0 Å². The Hall–Kier alpha value is -4.27. The van der Waals surface area contributed by atoms with Crippen molar-refractivity contribution >= 4 is 34.5 Å². The second-order valence-electron chi connectivity index (χ2n) is 6.37. The molecule has 30 heavy (non-hydrogen) atoms. The fourth-order valence-corrected chi connectivity index (χ4v) is 3.47. The predicted molar refractivity (Wildman–Crippen MR) is 108 cm³/mol. The molecule has 1 heterocycles. The maximum absolute atomic E-state index is 13.0. The average molecular weight is 405 g/mol. The smallest absolute Gasteiger partial charge is 0.282 e. The van der Waals surface area contributed by atoms with Crippen LogP contribution < -0.4 is 9.47 Å². The molecule has 3 aromatic carbocycles. The molecule has 150 valence electrons. The predicted octanol–water partition coefficient (Wildman–Crippen LogP) is 3.40. The average Bonchev–Trinajstić information content (AvgIpc) is 2.76. The minimum atomic E-state index is -0.670. The van der Waals surface area contributed by atoms with Crippen molar-refractivity contribution in [3.8, 4) is 11.5 Å². The van der Waals surface area contributed by atoms with Gasteiger partial charge in [-0.15, -0.1) is 0 Å². The lowest BCUT2D eigenvalue weighted by Crippen LogP contribution is -2.36. The topological polar surface area (TPSA) is 111 Å². The van der Waals surface area contributed by atoms with E-state index >= 15 is 0 Å². The highest BCUT2D eigenvalue weighted by Gasteiger charge is 2.34. The summed E-state index contributed by atoms with van der Waals surface area (Å²) in [7, 11) is 2.96. The van der Waals surface area contributed by atoms with Crippen molar-refractivity contribution in [3.63, 3.8) is 0 Å². The van der Waals surface area contributed by atoms with Gasteiger partial charge in [0.05, 0.1) is 41.9 Å². The van der Waals surface area contributed by atoms with Gasteiger partial charge in [0.2, 0.25) is 0 Å². The van der Waals surface area contributed by atoms with E-state index < -0.39 is 16.7 Å². The first kappa shape index (κ1) is 19.1. The first-order chi connectivity index (χ1) is 14.5. The molecule has 4 rings (SSSR count). The van der Waals surface area contributed by atoms with Crippen LogP contribution in [0.2, 0.25) is 0 Å². The van der Waals surface area contributed by atoms with Crippen molar-refractivity contribution in [3.05, 3.63) is 75.3 Å². The van der Waals surface area contributed by atoms with Gasteiger partial charge < -0.3 is 9.47 Å². The third-order valence-corrected chi connectivity index (χ3v) is 4.81. The number of hydrazone groups is 1. The molecule has 0 N–H and O–H groups in total. The zero-order chi connectivity index (χ0) is 21.4. The molecule has 9 heteroatoms. The Morgan fingerprint density at radius 1 is 0.967 bits per heavy atom. The van der Waals surface area contributed by atoms with Crippen LogP contribution in [0.25, 0.3) is 10.8 Å². The largest absolute Gasteiger partial charge is 0.493 e. The van der Waals surface area contributed by atoms with Crippen LogP contribution in [0.3, 0.4) is 0 Å². The Bertz CT molecular complexity index is 1230. The highest BCUT2D eigenvalue weighted by molar-refractivity contribution is 6.26. The number of benzene rings is 3. The molecular weight excluding hydrogens is 390 g/mol. The van der Waals surface area contributed by atoms with Crippen molar-refractivity contribution in [2.45, 2.75) is 0 Å². The lowest BCUT2D eigenvalue weighted by molar-refractivity contribution is -0.383. The second-order valence-corrected chi connectivity index (χ2v) is 6.37. The van der Waals surface area contributed by atoms with Gasteiger partial charge >= 0.3 is 0 Å². The number of non-ortho nitro benzene ring substituents is 1. The van der Waals surface area contributed by atoms with Crippen LogP contribution in [0.4, 0.5) is 5.69 Å². The van der Waals surface area contributed by atoms with E-state index in [1.54, 1.807) is 18.2 Å². The molecule has 0 saturated carbocycles. The molecule has 1 aliphatic heterocycles. The molecule has 0 fully saturated rings. The number of nitrogens with zero attached hydrogens (tertiary/aromatic N) is 3. The van der Waals surface area contributed by atoms with Crippen LogP contribution in [-0.2, 0) is 0 Å².